The highest BCUT2D eigenvalue weighted by molar-refractivity contribution is 6.20. The maximum Gasteiger partial charge on any atom is 0.0636 e. The van der Waals surface area contributed by atoms with Crippen molar-refractivity contribution in [1.82, 2.24) is 0 Å². The van der Waals surface area contributed by atoms with Gasteiger partial charge in [-0.25, -0.2) is 0 Å². The quantitative estimate of drug-likeness (QED) is 0.162. The van der Waals surface area contributed by atoms with Gasteiger partial charge in [0, 0.05) is 5.41 Å². The van der Waals surface area contributed by atoms with Crippen molar-refractivity contribution < 1.29 is 15.1 Å². The molecule has 7 aromatic rings. The Hall–Kier alpha value is -4.42. The molecule has 0 amide bonds. The number of hydrogen-bond donors (Lipinski definition) is 0. The van der Waals surface area contributed by atoms with E-state index in [0.29, 0.717) is 5.56 Å². The van der Waals surface area contributed by atoms with Gasteiger partial charge in [0.15, 0.2) is 0 Å². The lowest BCUT2D eigenvalue weighted by atomic mass is 9.68. The summed E-state index contributed by atoms with van der Waals surface area (Å²) in [5, 5.41) is 1.68. The molecule has 0 fully saturated rings. The van der Waals surface area contributed by atoms with Crippen molar-refractivity contribution in [3.8, 4) is 22.3 Å². The predicted molar refractivity (Wildman–Crippen MR) is 159 cm³/mol. The molecule has 0 saturated heterocycles. The van der Waals surface area contributed by atoms with Gasteiger partial charge in [0.05, 0.1) is 15.1 Å². The monoisotopic (exact) mass is 481 g/mol. The van der Waals surface area contributed by atoms with Crippen molar-refractivity contribution in [3.05, 3.63) is 132 Å². The summed E-state index contributed by atoms with van der Waals surface area (Å²) < 4.78 is 96.7. The number of hydrogen-bond acceptors (Lipinski definition) is 0. The molecule has 174 valence electrons. The molecule has 0 aliphatic heterocycles. The third kappa shape index (κ3) is 2.79. The second-order valence-electron chi connectivity index (χ2n) is 10.1. The molecular formula is C37H26. The van der Waals surface area contributed by atoms with Crippen LogP contribution in [-0.2, 0) is 5.41 Å². The third-order valence-electron chi connectivity index (χ3n) is 7.79. The molecule has 8 rings (SSSR count). The third-order valence-corrected chi connectivity index (χ3v) is 7.79. The molecule has 0 spiro atoms. The van der Waals surface area contributed by atoms with Crippen LogP contribution in [-0.4, -0.2) is 0 Å². The van der Waals surface area contributed by atoms with Gasteiger partial charge in [-0.2, -0.15) is 0 Å². The van der Waals surface area contributed by atoms with Gasteiger partial charge in [0.25, 0.3) is 0 Å². The first-order chi connectivity index (χ1) is 22.7. The minimum absolute atomic E-state index is 0.0141. The summed E-state index contributed by atoms with van der Waals surface area (Å²) in [4.78, 5) is 0. The molecule has 0 radical (unpaired) electrons. The van der Waals surface area contributed by atoms with Crippen LogP contribution in [0.25, 0.3) is 65.3 Å². The van der Waals surface area contributed by atoms with Gasteiger partial charge >= 0.3 is 0 Å². The van der Waals surface area contributed by atoms with Crippen molar-refractivity contribution in [1.29, 1.82) is 0 Å². The van der Waals surface area contributed by atoms with Crippen LogP contribution >= 0.6 is 0 Å². The van der Waals surface area contributed by atoms with Crippen molar-refractivity contribution in [2.24, 2.45) is 0 Å². The maximum absolute atomic E-state index is 9.35. The van der Waals surface area contributed by atoms with Gasteiger partial charge < -0.3 is 0 Å². The van der Waals surface area contributed by atoms with E-state index in [2.05, 4.69) is 32.0 Å². The van der Waals surface area contributed by atoms with Gasteiger partial charge in [-0.15, -0.1) is 0 Å². The molecule has 1 aliphatic rings. The Bertz CT molecular complexity index is 2650. The van der Waals surface area contributed by atoms with E-state index in [1.807, 2.05) is 36.4 Å². The molecule has 0 atom stereocenters. The van der Waals surface area contributed by atoms with Crippen molar-refractivity contribution >= 4 is 43.1 Å². The summed E-state index contributed by atoms with van der Waals surface area (Å²) in [5.41, 5.74) is 4.41. The smallest absolute Gasteiger partial charge is 0.0616 e. The summed E-state index contributed by atoms with van der Waals surface area (Å²) >= 11 is 0. The van der Waals surface area contributed by atoms with E-state index in [9.17, 15) is 2.74 Å². The highest BCUT2D eigenvalue weighted by Gasteiger charge is 2.33. The topological polar surface area (TPSA) is 0 Å². The predicted octanol–water partition coefficient (Wildman–Crippen LogP) is 10.3. The Labute approximate surface area is 232 Å². The van der Waals surface area contributed by atoms with Gasteiger partial charge in [0.1, 0.15) is 0 Å². The first kappa shape index (κ1) is 12.7. The molecular weight excluding hydrogens is 444 g/mol. The zero-order valence-corrected chi connectivity index (χ0v) is 20.2. The molecule has 0 nitrogen and oxygen atoms in total. The Morgan fingerprint density at radius 3 is 2.19 bits per heavy atom. The highest BCUT2D eigenvalue weighted by Crippen LogP contribution is 2.50. The minimum Gasteiger partial charge on any atom is -0.0616 e. The zero-order valence-electron chi connectivity index (χ0n) is 31.2. The lowest BCUT2D eigenvalue weighted by Crippen LogP contribution is -2.23. The van der Waals surface area contributed by atoms with E-state index in [4.69, 9.17) is 12.3 Å². The molecule has 0 heterocycles. The largest absolute Gasteiger partial charge is 0.0636 e. The van der Waals surface area contributed by atoms with Crippen LogP contribution in [0, 0.1) is 0 Å². The van der Waals surface area contributed by atoms with Gasteiger partial charge in [-0.05, 0) is 88.6 Å². The fourth-order valence-electron chi connectivity index (χ4n) is 6.05. The highest BCUT2D eigenvalue weighted by atomic mass is 14.4. The van der Waals surface area contributed by atoms with Crippen LogP contribution in [0.2, 0.25) is 0 Å². The standard InChI is InChI=1S/C37H26/c1-37(2)33-20-18-26(22-32(33)29-15-7-11-24-12-8-16-34(37)36(24)29)35-28-14-6-4-10-25(28)21-31-27-13-5-3-9-23(27)17-19-30(31)35/h3-22H,1-2H3/i3D,4D,5D,6D,9D,10D,13D,14D,17D,19D,21D. The van der Waals surface area contributed by atoms with Crippen molar-refractivity contribution in [2.75, 3.05) is 0 Å². The van der Waals surface area contributed by atoms with Crippen molar-refractivity contribution in [3.63, 3.8) is 0 Å². The summed E-state index contributed by atoms with van der Waals surface area (Å²) in [7, 11) is 0. The Balaban J connectivity index is 1.65. The molecule has 0 unspecified atom stereocenters. The van der Waals surface area contributed by atoms with E-state index in [0.717, 1.165) is 27.5 Å². The fourth-order valence-corrected chi connectivity index (χ4v) is 6.05. The molecule has 0 N–H and O–H groups in total. The molecule has 0 bridgehead atoms. The zero-order chi connectivity index (χ0) is 34.3. The minimum atomic E-state index is -0.569. The van der Waals surface area contributed by atoms with Gasteiger partial charge in [-0.3, -0.25) is 0 Å². The van der Waals surface area contributed by atoms with E-state index in [1.54, 1.807) is 0 Å². The SMILES string of the molecule is [2H]c1c([2H])c([2H])c2c([2H])c3c(c([2H])c([2H])c4c([2H])c([2H])c([2H])c([2H])c43)c(-c3ccc4c(c3)-c3cccc5cccc(c35)C4(C)C)c2c1[2H]. The fraction of sp³-hybridized carbons (Fsp3) is 0.0811. The normalized spacial score (nSPS) is 18.1. The second-order valence-corrected chi connectivity index (χ2v) is 10.1. The number of rotatable bonds is 1. The first-order valence-electron chi connectivity index (χ1n) is 17.7. The molecule has 0 aromatic heterocycles. The molecule has 1 aliphatic carbocycles. The van der Waals surface area contributed by atoms with Crippen LogP contribution in [0.1, 0.15) is 40.1 Å². The van der Waals surface area contributed by atoms with E-state index >= 15 is 0 Å². The summed E-state index contributed by atoms with van der Waals surface area (Å²) in [5.74, 6) is 0. The molecule has 0 heteroatoms. The maximum atomic E-state index is 9.35. The van der Waals surface area contributed by atoms with Crippen LogP contribution in [0.15, 0.2) is 121 Å². The Kier molecular flexibility index (Phi) is 2.51. The molecule has 7 aromatic carbocycles. The molecule has 0 saturated carbocycles. The van der Waals surface area contributed by atoms with Crippen LogP contribution < -0.4 is 0 Å². The first-order valence-corrected chi connectivity index (χ1v) is 12.2. The van der Waals surface area contributed by atoms with E-state index < -0.39 is 71.9 Å². The lowest BCUT2D eigenvalue weighted by molar-refractivity contribution is 0.645. The number of fused-ring (bicyclic) bond motifs is 6. The second kappa shape index (κ2) is 7.31. The number of benzene rings is 7. The van der Waals surface area contributed by atoms with E-state index in [-0.39, 0.29) is 37.9 Å². The average Bonchev–Trinajstić information content (AvgIpc) is 3.07. The van der Waals surface area contributed by atoms with Gasteiger partial charge in [-0.1, -0.05) is 123 Å². The summed E-state index contributed by atoms with van der Waals surface area (Å²) in [6, 6.07) is 12.8. The van der Waals surface area contributed by atoms with Gasteiger partial charge in [0.2, 0.25) is 0 Å². The summed E-state index contributed by atoms with van der Waals surface area (Å²) in [6.07, 6.45) is 0. The lowest BCUT2D eigenvalue weighted by Gasteiger charge is -2.35. The Morgan fingerprint density at radius 1 is 0.568 bits per heavy atom. The summed E-state index contributed by atoms with van der Waals surface area (Å²) in [6.45, 7) is 4.31. The van der Waals surface area contributed by atoms with Crippen LogP contribution in [0.3, 0.4) is 0 Å². The van der Waals surface area contributed by atoms with Crippen LogP contribution in [0.4, 0.5) is 0 Å². The van der Waals surface area contributed by atoms with Crippen molar-refractivity contribution in [2.45, 2.75) is 19.3 Å². The molecule has 37 heavy (non-hydrogen) atoms. The average molecular weight is 482 g/mol. The van der Waals surface area contributed by atoms with E-state index in [1.165, 1.54) is 5.56 Å². The Morgan fingerprint density at radius 2 is 1.32 bits per heavy atom. The van der Waals surface area contributed by atoms with Crippen LogP contribution in [0.5, 0.6) is 0 Å².